The fourth-order valence-corrected chi connectivity index (χ4v) is 2.29. The van der Waals surface area contributed by atoms with Gasteiger partial charge in [-0.1, -0.05) is 20.3 Å². The van der Waals surface area contributed by atoms with Crippen molar-refractivity contribution in [3.8, 4) is 0 Å². The third-order valence-corrected chi connectivity index (χ3v) is 3.49. The van der Waals surface area contributed by atoms with Gasteiger partial charge in [-0.15, -0.1) is 0 Å². The number of aryl methyl sites for hydroxylation is 1. The summed E-state index contributed by atoms with van der Waals surface area (Å²) in [6, 6.07) is 1.93. The highest BCUT2D eigenvalue weighted by molar-refractivity contribution is 5.43. The minimum absolute atomic E-state index is 0.710. The van der Waals surface area contributed by atoms with E-state index >= 15 is 0 Å². The number of rotatable bonds is 4. The van der Waals surface area contributed by atoms with Crippen molar-refractivity contribution >= 4 is 11.8 Å². The molecule has 3 N–H and O–H groups in total. The molecule has 0 spiro atoms. The SMILES string of the molecule is CCCc1cc(NN)nc(N2CCC(C)CC2)n1. The first-order valence-electron chi connectivity index (χ1n) is 6.82. The van der Waals surface area contributed by atoms with E-state index in [2.05, 4.69) is 34.1 Å². The minimum atomic E-state index is 0.710. The van der Waals surface area contributed by atoms with Gasteiger partial charge in [0.15, 0.2) is 0 Å². The average molecular weight is 249 g/mol. The maximum absolute atomic E-state index is 5.48. The highest BCUT2D eigenvalue weighted by atomic mass is 15.3. The van der Waals surface area contributed by atoms with Gasteiger partial charge >= 0.3 is 0 Å². The summed E-state index contributed by atoms with van der Waals surface area (Å²) in [6.45, 7) is 6.54. The van der Waals surface area contributed by atoms with E-state index in [-0.39, 0.29) is 0 Å². The van der Waals surface area contributed by atoms with Gasteiger partial charge in [0, 0.05) is 24.8 Å². The molecule has 18 heavy (non-hydrogen) atoms. The highest BCUT2D eigenvalue weighted by Gasteiger charge is 2.18. The van der Waals surface area contributed by atoms with Gasteiger partial charge in [0.2, 0.25) is 5.95 Å². The molecule has 2 rings (SSSR count). The minimum Gasteiger partial charge on any atom is -0.341 e. The van der Waals surface area contributed by atoms with Crippen molar-refractivity contribution in [3.05, 3.63) is 11.8 Å². The Morgan fingerprint density at radius 2 is 2.11 bits per heavy atom. The van der Waals surface area contributed by atoms with E-state index in [1.54, 1.807) is 0 Å². The smallest absolute Gasteiger partial charge is 0.227 e. The molecule has 0 radical (unpaired) electrons. The number of hydrogen-bond acceptors (Lipinski definition) is 5. The van der Waals surface area contributed by atoms with E-state index in [4.69, 9.17) is 5.84 Å². The topological polar surface area (TPSA) is 67.1 Å². The predicted octanol–water partition coefficient (Wildman–Crippen LogP) is 1.95. The van der Waals surface area contributed by atoms with E-state index in [0.717, 1.165) is 43.5 Å². The Kier molecular flexibility index (Phi) is 4.36. The Labute approximate surface area is 109 Å². The number of hydrazine groups is 1. The lowest BCUT2D eigenvalue weighted by atomic mass is 10.00. The van der Waals surface area contributed by atoms with Crippen molar-refractivity contribution in [2.45, 2.75) is 39.5 Å². The summed E-state index contributed by atoms with van der Waals surface area (Å²) in [5.74, 6) is 7.82. The van der Waals surface area contributed by atoms with Gasteiger partial charge in [-0.3, -0.25) is 0 Å². The summed E-state index contributed by atoms with van der Waals surface area (Å²) < 4.78 is 0. The first kappa shape index (κ1) is 13.1. The first-order valence-corrected chi connectivity index (χ1v) is 6.82. The molecule has 1 saturated heterocycles. The third-order valence-electron chi connectivity index (χ3n) is 3.49. The van der Waals surface area contributed by atoms with E-state index in [1.165, 1.54) is 12.8 Å². The summed E-state index contributed by atoms with van der Waals surface area (Å²) in [5.41, 5.74) is 3.70. The van der Waals surface area contributed by atoms with Crippen LogP contribution in [0.4, 0.5) is 11.8 Å². The van der Waals surface area contributed by atoms with Crippen LogP contribution >= 0.6 is 0 Å². The molecule has 0 aliphatic carbocycles. The lowest BCUT2D eigenvalue weighted by Crippen LogP contribution is -2.34. The number of nitrogen functional groups attached to an aromatic ring is 1. The molecule has 0 aromatic carbocycles. The van der Waals surface area contributed by atoms with Crippen LogP contribution in [0.25, 0.3) is 0 Å². The molecule has 0 atom stereocenters. The normalized spacial score (nSPS) is 16.9. The van der Waals surface area contributed by atoms with Crippen LogP contribution in [0.1, 0.15) is 38.8 Å². The van der Waals surface area contributed by atoms with E-state index in [9.17, 15) is 0 Å². The quantitative estimate of drug-likeness (QED) is 0.630. The third kappa shape index (κ3) is 3.10. The van der Waals surface area contributed by atoms with Crippen molar-refractivity contribution in [2.24, 2.45) is 11.8 Å². The van der Waals surface area contributed by atoms with Crippen molar-refractivity contribution in [3.63, 3.8) is 0 Å². The molecule has 2 heterocycles. The summed E-state index contributed by atoms with van der Waals surface area (Å²) >= 11 is 0. The van der Waals surface area contributed by atoms with Crippen molar-refractivity contribution in [1.82, 2.24) is 9.97 Å². The van der Waals surface area contributed by atoms with Crippen molar-refractivity contribution < 1.29 is 0 Å². The molecule has 1 aliphatic rings. The van der Waals surface area contributed by atoms with Gasteiger partial charge in [0.25, 0.3) is 0 Å². The largest absolute Gasteiger partial charge is 0.341 e. The van der Waals surface area contributed by atoms with Crippen LogP contribution in [0.3, 0.4) is 0 Å². The Morgan fingerprint density at radius 3 is 2.72 bits per heavy atom. The van der Waals surface area contributed by atoms with Crippen molar-refractivity contribution in [1.29, 1.82) is 0 Å². The molecule has 1 aromatic rings. The van der Waals surface area contributed by atoms with Crippen LogP contribution in [-0.2, 0) is 6.42 Å². The van der Waals surface area contributed by atoms with Crippen LogP contribution in [0.5, 0.6) is 0 Å². The zero-order valence-corrected chi connectivity index (χ0v) is 11.3. The Hall–Kier alpha value is -1.36. The van der Waals surface area contributed by atoms with E-state index in [0.29, 0.717) is 5.82 Å². The number of anilines is 2. The first-order chi connectivity index (χ1) is 8.72. The number of hydrogen-bond donors (Lipinski definition) is 2. The van der Waals surface area contributed by atoms with Crippen molar-refractivity contribution in [2.75, 3.05) is 23.4 Å². The lowest BCUT2D eigenvalue weighted by molar-refractivity contribution is 0.434. The van der Waals surface area contributed by atoms with E-state index in [1.807, 2.05) is 6.07 Å². The number of nitrogens with two attached hydrogens (primary N) is 1. The van der Waals surface area contributed by atoms with Crippen LogP contribution in [0.2, 0.25) is 0 Å². The van der Waals surface area contributed by atoms with Gasteiger partial charge in [-0.2, -0.15) is 4.98 Å². The molecular weight excluding hydrogens is 226 g/mol. The summed E-state index contributed by atoms with van der Waals surface area (Å²) in [4.78, 5) is 11.4. The maximum Gasteiger partial charge on any atom is 0.227 e. The van der Waals surface area contributed by atoms with Gasteiger partial charge in [0.05, 0.1) is 0 Å². The van der Waals surface area contributed by atoms with Crippen LogP contribution in [0, 0.1) is 5.92 Å². The molecule has 5 heteroatoms. The number of piperidine rings is 1. The van der Waals surface area contributed by atoms with Gasteiger partial charge in [0.1, 0.15) is 5.82 Å². The summed E-state index contributed by atoms with van der Waals surface area (Å²) in [7, 11) is 0. The molecule has 1 fully saturated rings. The molecule has 5 nitrogen and oxygen atoms in total. The molecule has 1 aliphatic heterocycles. The maximum atomic E-state index is 5.48. The molecule has 0 saturated carbocycles. The predicted molar refractivity (Wildman–Crippen MR) is 74.4 cm³/mol. The second-order valence-corrected chi connectivity index (χ2v) is 5.11. The van der Waals surface area contributed by atoms with E-state index < -0.39 is 0 Å². The zero-order chi connectivity index (χ0) is 13.0. The summed E-state index contributed by atoms with van der Waals surface area (Å²) in [5, 5.41) is 0. The molecule has 0 unspecified atom stereocenters. The molecule has 1 aromatic heterocycles. The highest BCUT2D eigenvalue weighted by Crippen LogP contribution is 2.21. The Balaban J connectivity index is 2.17. The Bertz CT molecular complexity index is 385. The van der Waals surface area contributed by atoms with Crippen LogP contribution in [0.15, 0.2) is 6.07 Å². The molecule has 0 bridgehead atoms. The molecular formula is C13H23N5. The summed E-state index contributed by atoms with van der Waals surface area (Å²) in [6.07, 6.45) is 4.48. The number of nitrogens with zero attached hydrogens (tertiary/aromatic N) is 3. The number of aromatic nitrogens is 2. The standard InChI is InChI=1S/C13H23N5/c1-3-4-11-9-12(17-14)16-13(15-11)18-7-5-10(2)6-8-18/h9-10H,3-8,14H2,1-2H3,(H,15,16,17). The average Bonchev–Trinajstić information content (AvgIpc) is 2.39. The van der Waals surface area contributed by atoms with Gasteiger partial charge in [-0.25, -0.2) is 10.8 Å². The second-order valence-electron chi connectivity index (χ2n) is 5.11. The fraction of sp³-hybridized carbons (Fsp3) is 0.692. The molecule has 100 valence electrons. The lowest BCUT2D eigenvalue weighted by Gasteiger charge is -2.30. The van der Waals surface area contributed by atoms with Gasteiger partial charge < -0.3 is 10.3 Å². The number of nitrogens with one attached hydrogen (secondary N) is 1. The second kappa shape index (κ2) is 6.00. The van der Waals surface area contributed by atoms with Gasteiger partial charge in [-0.05, 0) is 25.2 Å². The zero-order valence-electron chi connectivity index (χ0n) is 11.3. The fourth-order valence-electron chi connectivity index (χ4n) is 2.29. The molecule has 0 amide bonds. The monoisotopic (exact) mass is 249 g/mol. The Morgan fingerprint density at radius 1 is 1.39 bits per heavy atom. The van der Waals surface area contributed by atoms with Crippen LogP contribution < -0.4 is 16.2 Å². The van der Waals surface area contributed by atoms with Crippen LogP contribution in [-0.4, -0.2) is 23.1 Å².